The monoisotopic (exact) mass is 409 g/mol. The third-order valence-electron chi connectivity index (χ3n) is 6.65. The molecule has 2 aliphatic rings. The van der Waals surface area contributed by atoms with Crippen molar-refractivity contribution < 1.29 is 14.4 Å². The molecule has 0 aromatic heterocycles. The second kappa shape index (κ2) is 10.3. The summed E-state index contributed by atoms with van der Waals surface area (Å²) in [6, 6.07) is 7.04. The lowest BCUT2D eigenvalue weighted by Crippen LogP contribution is -2.37. The van der Waals surface area contributed by atoms with Gasteiger partial charge >= 0.3 is 0 Å². The molecular formula is C26H35NO3. The summed E-state index contributed by atoms with van der Waals surface area (Å²) in [7, 11) is 0. The summed E-state index contributed by atoms with van der Waals surface area (Å²) in [4.78, 5) is 41.7. The molecule has 0 fully saturated rings. The van der Waals surface area contributed by atoms with Gasteiger partial charge in [0.1, 0.15) is 5.78 Å². The zero-order valence-electron chi connectivity index (χ0n) is 18.7. The highest BCUT2D eigenvalue weighted by Gasteiger charge is 2.43. The molecule has 2 unspecified atom stereocenters. The molecule has 0 radical (unpaired) electrons. The van der Waals surface area contributed by atoms with Gasteiger partial charge in [-0.05, 0) is 51.2 Å². The minimum atomic E-state index is -0.480. The van der Waals surface area contributed by atoms with Crippen molar-refractivity contribution >= 4 is 17.3 Å². The lowest BCUT2D eigenvalue weighted by atomic mass is 9.67. The number of benzene rings is 1. The molecule has 1 aromatic rings. The van der Waals surface area contributed by atoms with Gasteiger partial charge in [0.05, 0.1) is 0 Å². The van der Waals surface area contributed by atoms with Crippen LogP contribution in [0.25, 0.3) is 0 Å². The Morgan fingerprint density at radius 2 is 1.37 bits per heavy atom. The molecule has 0 aliphatic heterocycles. The quantitative estimate of drug-likeness (QED) is 0.528. The molecule has 162 valence electrons. The van der Waals surface area contributed by atoms with E-state index in [0.29, 0.717) is 28.7 Å². The first-order chi connectivity index (χ1) is 14.5. The van der Waals surface area contributed by atoms with Crippen molar-refractivity contribution in [3.63, 3.8) is 0 Å². The van der Waals surface area contributed by atoms with Gasteiger partial charge in [-0.1, -0.05) is 57.9 Å². The second-order valence-electron chi connectivity index (χ2n) is 8.81. The fourth-order valence-corrected chi connectivity index (χ4v) is 4.84. The van der Waals surface area contributed by atoms with Gasteiger partial charge in [-0.3, -0.25) is 14.4 Å². The standard InChI is InChI=1S/C26H35NO3/c1-4-6-14-27(15-7-5-2)16-10-11-19-17-22(28)18(3)23-24(19)26(30)21-13-9-8-12-20(21)25(23)29/h8-9,12-13,18-19H,4-7,10-11,14-17H2,1-3H3. The van der Waals surface area contributed by atoms with E-state index in [9.17, 15) is 14.4 Å². The first kappa shape index (κ1) is 22.6. The lowest BCUT2D eigenvalue weighted by Gasteiger charge is -2.34. The summed E-state index contributed by atoms with van der Waals surface area (Å²) in [5.41, 5.74) is 2.04. The predicted octanol–water partition coefficient (Wildman–Crippen LogP) is 5.27. The lowest BCUT2D eigenvalue weighted by molar-refractivity contribution is -0.122. The van der Waals surface area contributed by atoms with Gasteiger partial charge in [0.15, 0.2) is 11.6 Å². The summed E-state index contributed by atoms with van der Waals surface area (Å²) >= 11 is 0. The normalized spacial score (nSPS) is 21.3. The third kappa shape index (κ3) is 4.64. The summed E-state index contributed by atoms with van der Waals surface area (Å²) in [5.74, 6) is -0.691. The number of fused-ring (bicyclic) bond motifs is 1. The van der Waals surface area contributed by atoms with Crippen molar-refractivity contribution in [2.45, 2.75) is 65.7 Å². The molecule has 0 saturated carbocycles. The SMILES string of the molecule is CCCCN(CCCC)CCCC1CC(=O)C(C)C2=C1C(=O)c1ccccc1C2=O. The van der Waals surface area contributed by atoms with E-state index in [0.717, 1.165) is 32.5 Å². The van der Waals surface area contributed by atoms with Gasteiger partial charge in [0.25, 0.3) is 0 Å². The fourth-order valence-electron chi connectivity index (χ4n) is 4.84. The van der Waals surface area contributed by atoms with E-state index in [-0.39, 0.29) is 23.3 Å². The number of allylic oxidation sites excluding steroid dienone is 2. The zero-order chi connectivity index (χ0) is 21.7. The van der Waals surface area contributed by atoms with Crippen LogP contribution < -0.4 is 0 Å². The highest BCUT2D eigenvalue weighted by atomic mass is 16.1. The molecular weight excluding hydrogens is 374 g/mol. The number of nitrogens with zero attached hydrogens (tertiary/aromatic N) is 1. The summed E-state index contributed by atoms with van der Waals surface area (Å²) < 4.78 is 0. The van der Waals surface area contributed by atoms with E-state index in [1.807, 2.05) is 0 Å². The summed E-state index contributed by atoms with van der Waals surface area (Å²) in [6.07, 6.45) is 6.87. The van der Waals surface area contributed by atoms with Crippen molar-refractivity contribution in [2.75, 3.05) is 19.6 Å². The third-order valence-corrected chi connectivity index (χ3v) is 6.65. The Kier molecular flexibility index (Phi) is 7.76. The molecule has 0 bridgehead atoms. The Morgan fingerprint density at radius 1 is 0.833 bits per heavy atom. The molecule has 4 heteroatoms. The molecule has 4 nitrogen and oxygen atoms in total. The zero-order valence-corrected chi connectivity index (χ0v) is 18.7. The van der Waals surface area contributed by atoms with Gasteiger partial charge in [-0.25, -0.2) is 0 Å². The van der Waals surface area contributed by atoms with E-state index in [1.54, 1.807) is 31.2 Å². The Balaban J connectivity index is 1.77. The molecule has 3 rings (SSSR count). The second-order valence-corrected chi connectivity index (χ2v) is 8.81. The van der Waals surface area contributed by atoms with Crippen LogP contribution in [0.3, 0.4) is 0 Å². The van der Waals surface area contributed by atoms with Crippen LogP contribution >= 0.6 is 0 Å². The highest BCUT2D eigenvalue weighted by molar-refractivity contribution is 6.29. The first-order valence-corrected chi connectivity index (χ1v) is 11.7. The number of carbonyl (C=O) groups is 3. The maximum absolute atomic E-state index is 13.3. The largest absolute Gasteiger partial charge is 0.303 e. The molecule has 0 amide bonds. The maximum Gasteiger partial charge on any atom is 0.190 e. The molecule has 2 aliphatic carbocycles. The van der Waals surface area contributed by atoms with Crippen LogP contribution in [0.4, 0.5) is 0 Å². The smallest absolute Gasteiger partial charge is 0.190 e. The highest BCUT2D eigenvalue weighted by Crippen LogP contribution is 2.41. The Bertz CT molecular complexity index is 830. The van der Waals surface area contributed by atoms with Gasteiger partial charge in [0.2, 0.25) is 0 Å². The van der Waals surface area contributed by atoms with E-state index in [4.69, 9.17) is 0 Å². The van der Waals surface area contributed by atoms with E-state index < -0.39 is 5.92 Å². The summed E-state index contributed by atoms with van der Waals surface area (Å²) in [6.45, 7) is 9.41. The first-order valence-electron chi connectivity index (χ1n) is 11.7. The molecule has 0 spiro atoms. The number of ketones is 3. The average molecular weight is 410 g/mol. The van der Waals surface area contributed by atoms with E-state index in [2.05, 4.69) is 18.7 Å². The molecule has 0 N–H and O–H groups in total. The molecule has 0 saturated heterocycles. The van der Waals surface area contributed by atoms with Crippen molar-refractivity contribution in [1.82, 2.24) is 4.90 Å². The average Bonchev–Trinajstić information content (AvgIpc) is 2.75. The van der Waals surface area contributed by atoms with Crippen molar-refractivity contribution in [3.05, 3.63) is 46.5 Å². The molecule has 0 heterocycles. The van der Waals surface area contributed by atoms with Crippen LogP contribution in [-0.2, 0) is 4.79 Å². The van der Waals surface area contributed by atoms with Gasteiger partial charge in [-0.2, -0.15) is 0 Å². The number of Topliss-reactive ketones (excluding diaryl/α,β-unsaturated/α-hetero) is 3. The van der Waals surface area contributed by atoms with Crippen LogP contribution in [0.1, 0.15) is 86.4 Å². The number of hydrogen-bond donors (Lipinski definition) is 0. The number of rotatable bonds is 10. The molecule has 2 atom stereocenters. The predicted molar refractivity (Wildman–Crippen MR) is 120 cm³/mol. The van der Waals surface area contributed by atoms with Crippen LogP contribution in [0.2, 0.25) is 0 Å². The van der Waals surface area contributed by atoms with Crippen molar-refractivity contribution in [2.24, 2.45) is 11.8 Å². The topological polar surface area (TPSA) is 54.5 Å². The van der Waals surface area contributed by atoms with Gasteiger partial charge < -0.3 is 4.90 Å². The van der Waals surface area contributed by atoms with E-state index >= 15 is 0 Å². The number of carbonyl (C=O) groups excluding carboxylic acids is 3. The van der Waals surface area contributed by atoms with Crippen molar-refractivity contribution in [3.8, 4) is 0 Å². The Morgan fingerprint density at radius 3 is 1.93 bits per heavy atom. The van der Waals surface area contributed by atoms with Gasteiger partial charge in [-0.15, -0.1) is 0 Å². The van der Waals surface area contributed by atoms with Crippen LogP contribution in [0.5, 0.6) is 0 Å². The van der Waals surface area contributed by atoms with E-state index in [1.165, 1.54) is 25.7 Å². The minimum absolute atomic E-state index is 0.0432. The van der Waals surface area contributed by atoms with Crippen molar-refractivity contribution in [1.29, 1.82) is 0 Å². The van der Waals surface area contributed by atoms with Crippen LogP contribution in [-0.4, -0.2) is 41.9 Å². The molecule has 1 aromatic carbocycles. The maximum atomic E-state index is 13.3. The molecule has 30 heavy (non-hydrogen) atoms. The summed E-state index contributed by atoms with van der Waals surface area (Å²) in [5, 5.41) is 0. The fraction of sp³-hybridized carbons (Fsp3) is 0.577. The number of hydrogen-bond acceptors (Lipinski definition) is 4. The van der Waals surface area contributed by atoms with Crippen LogP contribution in [0.15, 0.2) is 35.4 Å². The minimum Gasteiger partial charge on any atom is -0.303 e. The van der Waals surface area contributed by atoms with Crippen LogP contribution in [0, 0.1) is 11.8 Å². The van der Waals surface area contributed by atoms with Gasteiger partial charge in [0, 0.05) is 34.6 Å². The number of unbranched alkanes of at least 4 members (excludes halogenated alkanes) is 2. The Hall–Kier alpha value is -2.07. The Labute approximate surface area is 180 Å².